The SMILES string of the molecule is CC(C)(C)S(=O)(=O)CCC1(CCl)CCOC1C1CC1. The molecule has 5 heteroatoms. The highest BCUT2D eigenvalue weighted by atomic mass is 35.5. The number of alkyl halides is 1. The van der Waals surface area contributed by atoms with E-state index in [9.17, 15) is 8.42 Å². The van der Waals surface area contributed by atoms with Crippen molar-refractivity contribution in [2.24, 2.45) is 11.3 Å². The summed E-state index contributed by atoms with van der Waals surface area (Å²) in [5.41, 5.74) is -0.124. The Bertz CT molecular complexity index is 422. The van der Waals surface area contributed by atoms with Gasteiger partial charge in [0, 0.05) is 17.9 Å². The second-order valence-electron chi connectivity index (χ2n) is 7.06. The molecule has 0 radical (unpaired) electrons. The quantitative estimate of drug-likeness (QED) is 0.733. The van der Waals surface area contributed by atoms with Gasteiger partial charge in [0.15, 0.2) is 9.84 Å². The van der Waals surface area contributed by atoms with Gasteiger partial charge in [-0.1, -0.05) is 0 Å². The molecular weight excluding hydrogens is 284 g/mol. The van der Waals surface area contributed by atoms with Gasteiger partial charge >= 0.3 is 0 Å². The van der Waals surface area contributed by atoms with Gasteiger partial charge in [0.25, 0.3) is 0 Å². The van der Waals surface area contributed by atoms with Gasteiger partial charge in [-0.15, -0.1) is 11.6 Å². The van der Waals surface area contributed by atoms with Crippen molar-refractivity contribution >= 4 is 21.4 Å². The molecule has 0 bridgehead atoms. The molecule has 1 heterocycles. The second kappa shape index (κ2) is 5.19. The van der Waals surface area contributed by atoms with E-state index in [1.807, 2.05) is 0 Å². The normalized spacial score (nSPS) is 32.7. The second-order valence-corrected chi connectivity index (χ2v) is 10.2. The number of hydrogen-bond acceptors (Lipinski definition) is 3. The van der Waals surface area contributed by atoms with E-state index < -0.39 is 14.6 Å². The number of halogens is 1. The molecule has 2 rings (SSSR count). The number of sulfone groups is 1. The zero-order chi connectivity index (χ0) is 14.3. The largest absolute Gasteiger partial charge is 0.377 e. The Kier molecular flexibility index (Phi) is 4.26. The molecule has 0 aromatic carbocycles. The van der Waals surface area contributed by atoms with Crippen molar-refractivity contribution in [3.05, 3.63) is 0 Å². The Labute approximate surface area is 122 Å². The zero-order valence-corrected chi connectivity index (χ0v) is 13.7. The van der Waals surface area contributed by atoms with Crippen molar-refractivity contribution in [2.45, 2.75) is 57.3 Å². The van der Waals surface area contributed by atoms with Crippen LogP contribution in [0.1, 0.15) is 46.5 Å². The van der Waals surface area contributed by atoms with Crippen molar-refractivity contribution in [1.82, 2.24) is 0 Å². The zero-order valence-electron chi connectivity index (χ0n) is 12.1. The number of ether oxygens (including phenoxy) is 1. The maximum Gasteiger partial charge on any atom is 0.155 e. The third-order valence-corrected chi connectivity index (χ3v) is 7.76. The molecule has 0 aromatic heterocycles. The van der Waals surface area contributed by atoms with Gasteiger partial charge in [-0.2, -0.15) is 0 Å². The van der Waals surface area contributed by atoms with Gasteiger partial charge in [0.1, 0.15) is 0 Å². The maximum absolute atomic E-state index is 12.3. The van der Waals surface area contributed by atoms with E-state index in [0.717, 1.165) is 13.0 Å². The fourth-order valence-corrected chi connectivity index (χ4v) is 4.57. The van der Waals surface area contributed by atoms with Gasteiger partial charge in [-0.05, 0) is 52.4 Å². The highest BCUT2D eigenvalue weighted by Crippen LogP contribution is 2.50. The molecule has 0 aromatic rings. The monoisotopic (exact) mass is 308 g/mol. The van der Waals surface area contributed by atoms with Crippen molar-refractivity contribution in [2.75, 3.05) is 18.2 Å². The molecule has 2 unspecified atom stereocenters. The predicted molar refractivity (Wildman–Crippen MR) is 78.4 cm³/mol. The summed E-state index contributed by atoms with van der Waals surface area (Å²) >= 11 is 6.20. The molecule has 2 aliphatic rings. The van der Waals surface area contributed by atoms with Crippen molar-refractivity contribution in [3.8, 4) is 0 Å². The van der Waals surface area contributed by atoms with E-state index in [-0.39, 0.29) is 17.3 Å². The summed E-state index contributed by atoms with van der Waals surface area (Å²) < 4.78 is 29.7. The summed E-state index contributed by atoms with van der Waals surface area (Å²) in [6.07, 6.45) is 4.12. The van der Waals surface area contributed by atoms with Crippen LogP contribution in [0.4, 0.5) is 0 Å². The molecule has 0 amide bonds. The van der Waals surface area contributed by atoms with Crippen LogP contribution in [0.15, 0.2) is 0 Å². The minimum atomic E-state index is -3.08. The lowest BCUT2D eigenvalue weighted by atomic mass is 9.78. The average molecular weight is 309 g/mol. The predicted octanol–water partition coefficient (Wildman–Crippen LogP) is 3.01. The van der Waals surface area contributed by atoms with Crippen LogP contribution in [-0.2, 0) is 14.6 Å². The van der Waals surface area contributed by atoms with Crippen molar-refractivity contribution in [1.29, 1.82) is 0 Å². The van der Waals surface area contributed by atoms with Gasteiger partial charge in [0.2, 0.25) is 0 Å². The number of hydrogen-bond donors (Lipinski definition) is 0. The third-order valence-electron chi connectivity index (χ3n) is 4.62. The van der Waals surface area contributed by atoms with Crippen LogP contribution in [0, 0.1) is 11.3 Å². The summed E-state index contributed by atoms with van der Waals surface area (Å²) in [4.78, 5) is 0. The maximum atomic E-state index is 12.3. The highest BCUT2D eigenvalue weighted by Gasteiger charge is 2.51. The van der Waals surface area contributed by atoms with Crippen LogP contribution in [0.25, 0.3) is 0 Å². The Morgan fingerprint density at radius 1 is 1.32 bits per heavy atom. The van der Waals surface area contributed by atoms with Crippen LogP contribution in [0.3, 0.4) is 0 Å². The molecule has 1 aliphatic carbocycles. The van der Waals surface area contributed by atoms with Gasteiger partial charge in [-0.3, -0.25) is 0 Å². The van der Waals surface area contributed by atoms with Crippen LogP contribution in [0.5, 0.6) is 0 Å². The molecule has 2 fully saturated rings. The third kappa shape index (κ3) is 3.11. The van der Waals surface area contributed by atoms with E-state index >= 15 is 0 Å². The first-order valence-corrected chi connectivity index (χ1v) is 9.30. The lowest BCUT2D eigenvalue weighted by Crippen LogP contribution is -2.39. The average Bonchev–Trinajstić information content (AvgIpc) is 3.06. The minimum Gasteiger partial charge on any atom is -0.377 e. The van der Waals surface area contributed by atoms with Gasteiger partial charge < -0.3 is 4.74 Å². The summed E-state index contributed by atoms with van der Waals surface area (Å²) in [5, 5.41) is 0. The Balaban J connectivity index is 2.07. The topological polar surface area (TPSA) is 43.4 Å². The summed E-state index contributed by atoms with van der Waals surface area (Å²) in [7, 11) is -3.08. The minimum absolute atomic E-state index is 0.124. The fourth-order valence-electron chi connectivity index (χ4n) is 2.86. The van der Waals surface area contributed by atoms with E-state index in [0.29, 0.717) is 18.2 Å². The van der Waals surface area contributed by atoms with Crippen LogP contribution < -0.4 is 0 Å². The van der Waals surface area contributed by atoms with E-state index in [2.05, 4.69) is 0 Å². The first-order chi connectivity index (χ1) is 8.72. The molecular formula is C14H25ClO3S. The Morgan fingerprint density at radius 3 is 2.42 bits per heavy atom. The van der Waals surface area contributed by atoms with Crippen molar-refractivity contribution in [3.63, 3.8) is 0 Å². The number of rotatable bonds is 5. The molecule has 19 heavy (non-hydrogen) atoms. The lowest BCUT2D eigenvalue weighted by Gasteiger charge is -2.33. The Hall–Kier alpha value is 0.200. The van der Waals surface area contributed by atoms with Crippen LogP contribution in [-0.4, -0.2) is 37.5 Å². The van der Waals surface area contributed by atoms with E-state index in [1.54, 1.807) is 20.8 Å². The first-order valence-electron chi connectivity index (χ1n) is 7.12. The standard InChI is InChI=1S/C14H25ClO3S/c1-13(2,3)19(16,17)9-7-14(10-15)6-8-18-12(14)11-4-5-11/h11-12H,4-10H2,1-3H3. The summed E-state index contributed by atoms with van der Waals surface area (Å²) in [6, 6.07) is 0. The molecule has 1 aliphatic heterocycles. The van der Waals surface area contributed by atoms with E-state index in [4.69, 9.17) is 16.3 Å². The summed E-state index contributed by atoms with van der Waals surface area (Å²) in [6.45, 7) is 6.02. The van der Waals surface area contributed by atoms with E-state index in [1.165, 1.54) is 12.8 Å². The Morgan fingerprint density at radius 2 is 1.95 bits per heavy atom. The van der Waals surface area contributed by atoms with Crippen LogP contribution >= 0.6 is 11.6 Å². The highest BCUT2D eigenvalue weighted by molar-refractivity contribution is 7.92. The summed E-state index contributed by atoms with van der Waals surface area (Å²) in [5.74, 6) is 1.34. The van der Waals surface area contributed by atoms with Crippen molar-refractivity contribution < 1.29 is 13.2 Å². The molecule has 1 saturated heterocycles. The molecule has 2 atom stereocenters. The fraction of sp³-hybridized carbons (Fsp3) is 1.00. The lowest BCUT2D eigenvalue weighted by molar-refractivity contribution is 0.0389. The molecule has 3 nitrogen and oxygen atoms in total. The first kappa shape index (κ1) is 15.6. The molecule has 112 valence electrons. The molecule has 0 spiro atoms. The van der Waals surface area contributed by atoms with Crippen LogP contribution in [0.2, 0.25) is 0 Å². The smallest absolute Gasteiger partial charge is 0.155 e. The molecule has 0 N–H and O–H groups in total. The molecule has 1 saturated carbocycles. The van der Waals surface area contributed by atoms with Gasteiger partial charge in [0.05, 0.1) is 16.6 Å². The van der Waals surface area contributed by atoms with Gasteiger partial charge in [-0.25, -0.2) is 8.42 Å².